The molecule has 0 unspecified atom stereocenters. The molecule has 0 aliphatic heterocycles. The zero-order valence-electron chi connectivity index (χ0n) is 11.3. The molecule has 0 spiro atoms. The molecule has 2 aromatic rings. The molecule has 0 aliphatic rings. The Morgan fingerprint density at radius 2 is 2.14 bits per heavy atom. The molecule has 0 aliphatic carbocycles. The molecule has 1 heterocycles. The number of aldehydes is 1. The van der Waals surface area contributed by atoms with Crippen molar-refractivity contribution in [3.05, 3.63) is 46.3 Å². The number of hydrogen-bond donors (Lipinski definition) is 1. The molecule has 0 saturated carbocycles. The van der Waals surface area contributed by atoms with Crippen LogP contribution < -0.4 is 10.3 Å². The van der Waals surface area contributed by atoms with Gasteiger partial charge in [0.05, 0.1) is 19.2 Å². The third-order valence-electron chi connectivity index (χ3n) is 3.01. The Morgan fingerprint density at radius 1 is 1.38 bits per heavy atom. The highest BCUT2D eigenvalue weighted by Crippen LogP contribution is 2.23. The highest BCUT2D eigenvalue weighted by Gasteiger charge is 2.08. The van der Waals surface area contributed by atoms with Crippen LogP contribution in [-0.2, 0) is 16.1 Å². The van der Waals surface area contributed by atoms with Crippen molar-refractivity contribution in [3.8, 4) is 5.75 Å². The molecular formula is C15H13NO5. The van der Waals surface area contributed by atoms with Gasteiger partial charge in [-0.05, 0) is 23.8 Å². The summed E-state index contributed by atoms with van der Waals surface area (Å²) in [7, 11) is 1.50. The SMILES string of the molecule is COc1ccc2c(/C=C/C(=O)O)cc(=O)n(CC=O)c2c1. The highest BCUT2D eigenvalue weighted by molar-refractivity contribution is 5.93. The molecule has 0 radical (unpaired) electrons. The van der Waals surface area contributed by atoms with Gasteiger partial charge in [-0.2, -0.15) is 0 Å². The molecule has 0 saturated heterocycles. The maximum absolute atomic E-state index is 12.1. The number of ether oxygens (including phenoxy) is 1. The van der Waals surface area contributed by atoms with Crippen LogP contribution in [0.4, 0.5) is 0 Å². The molecule has 2 rings (SSSR count). The summed E-state index contributed by atoms with van der Waals surface area (Å²) < 4.78 is 6.43. The number of pyridine rings is 1. The van der Waals surface area contributed by atoms with Crippen LogP contribution in [0.2, 0.25) is 0 Å². The summed E-state index contributed by atoms with van der Waals surface area (Å²) in [5.41, 5.74) is 0.606. The molecule has 108 valence electrons. The van der Waals surface area contributed by atoms with E-state index in [1.807, 2.05) is 0 Å². The number of hydrogen-bond acceptors (Lipinski definition) is 4. The lowest BCUT2D eigenvalue weighted by Crippen LogP contribution is -2.21. The quantitative estimate of drug-likeness (QED) is 0.662. The van der Waals surface area contributed by atoms with Gasteiger partial charge in [0.1, 0.15) is 12.0 Å². The van der Waals surface area contributed by atoms with Crippen LogP contribution in [0.15, 0.2) is 35.1 Å². The molecule has 1 aromatic heterocycles. The first-order valence-corrected chi connectivity index (χ1v) is 6.13. The van der Waals surface area contributed by atoms with Crippen molar-refractivity contribution < 1.29 is 19.4 Å². The van der Waals surface area contributed by atoms with E-state index < -0.39 is 5.97 Å². The number of aliphatic carboxylic acids is 1. The number of rotatable bonds is 5. The van der Waals surface area contributed by atoms with E-state index in [9.17, 15) is 14.4 Å². The van der Waals surface area contributed by atoms with E-state index in [1.54, 1.807) is 18.2 Å². The summed E-state index contributed by atoms with van der Waals surface area (Å²) in [5.74, 6) is -0.561. The minimum absolute atomic E-state index is 0.0780. The number of carboxylic acid groups (broad SMARTS) is 1. The van der Waals surface area contributed by atoms with Gasteiger partial charge < -0.3 is 19.2 Å². The van der Waals surface area contributed by atoms with Gasteiger partial charge in [0.15, 0.2) is 0 Å². The number of benzene rings is 1. The zero-order chi connectivity index (χ0) is 15.4. The maximum atomic E-state index is 12.1. The Labute approximate surface area is 119 Å². The average molecular weight is 287 g/mol. The van der Waals surface area contributed by atoms with Crippen molar-refractivity contribution >= 4 is 29.2 Å². The van der Waals surface area contributed by atoms with Crippen LogP contribution in [0.1, 0.15) is 5.56 Å². The normalized spacial score (nSPS) is 10.9. The molecule has 0 fully saturated rings. The van der Waals surface area contributed by atoms with E-state index in [2.05, 4.69) is 0 Å². The number of aromatic nitrogens is 1. The first kappa shape index (κ1) is 14.5. The van der Waals surface area contributed by atoms with Gasteiger partial charge in [-0.1, -0.05) is 0 Å². The largest absolute Gasteiger partial charge is 0.497 e. The third kappa shape index (κ3) is 3.00. The Bertz CT molecular complexity index is 788. The molecule has 1 aromatic carbocycles. The van der Waals surface area contributed by atoms with Gasteiger partial charge in [-0.15, -0.1) is 0 Å². The molecule has 1 N–H and O–H groups in total. The standard InChI is InChI=1S/C15H13NO5/c1-21-11-3-4-12-10(2-5-15(19)20)8-14(18)16(6-7-17)13(12)9-11/h2-5,7-9H,6H2,1H3,(H,19,20)/b5-2+. The van der Waals surface area contributed by atoms with E-state index >= 15 is 0 Å². The van der Waals surface area contributed by atoms with E-state index in [0.29, 0.717) is 28.5 Å². The van der Waals surface area contributed by atoms with Crippen molar-refractivity contribution in [3.63, 3.8) is 0 Å². The fourth-order valence-electron chi connectivity index (χ4n) is 2.08. The monoisotopic (exact) mass is 287 g/mol. The average Bonchev–Trinajstić information content (AvgIpc) is 2.47. The van der Waals surface area contributed by atoms with Crippen molar-refractivity contribution in [2.45, 2.75) is 6.54 Å². The van der Waals surface area contributed by atoms with Crippen molar-refractivity contribution in [2.75, 3.05) is 7.11 Å². The lowest BCUT2D eigenvalue weighted by Gasteiger charge is -2.11. The Morgan fingerprint density at radius 3 is 2.76 bits per heavy atom. The number of nitrogens with zero attached hydrogens (tertiary/aromatic N) is 1. The van der Waals surface area contributed by atoms with E-state index in [0.717, 1.165) is 6.08 Å². The fraction of sp³-hybridized carbons (Fsp3) is 0.133. The fourth-order valence-corrected chi connectivity index (χ4v) is 2.08. The minimum Gasteiger partial charge on any atom is -0.497 e. The van der Waals surface area contributed by atoms with Gasteiger partial charge in [-0.25, -0.2) is 4.79 Å². The smallest absolute Gasteiger partial charge is 0.328 e. The highest BCUT2D eigenvalue weighted by atomic mass is 16.5. The number of carbonyl (C=O) groups is 2. The Kier molecular flexibility index (Phi) is 4.18. The Balaban J connectivity index is 2.78. The van der Waals surface area contributed by atoms with Crippen molar-refractivity contribution in [1.82, 2.24) is 4.57 Å². The van der Waals surface area contributed by atoms with Crippen LogP contribution in [0.25, 0.3) is 17.0 Å². The summed E-state index contributed by atoms with van der Waals surface area (Å²) in [4.78, 5) is 33.4. The van der Waals surface area contributed by atoms with E-state index in [-0.39, 0.29) is 12.1 Å². The second-order valence-corrected chi connectivity index (χ2v) is 4.27. The van der Waals surface area contributed by atoms with E-state index in [4.69, 9.17) is 9.84 Å². The maximum Gasteiger partial charge on any atom is 0.328 e. The summed E-state index contributed by atoms with van der Waals surface area (Å²) in [5, 5.41) is 9.36. The number of carboxylic acids is 1. The molecule has 6 nitrogen and oxygen atoms in total. The summed E-state index contributed by atoms with van der Waals surface area (Å²) in [6, 6.07) is 6.36. The number of carbonyl (C=O) groups excluding carboxylic acids is 1. The van der Waals surface area contributed by atoms with Crippen LogP contribution >= 0.6 is 0 Å². The van der Waals surface area contributed by atoms with Gasteiger partial charge in [-0.3, -0.25) is 4.79 Å². The van der Waals surface area contributed by atoms with Crippen LogP contribution in [-0.4, -0.2) is 29.0 Å². The molecule has 0 amide bonds. The van der Waals surface area contributed by atoms with Gasteiger partial charge in [0.25, 0.3) is 5.56 Å². The Hall–Kier alpha value is -2.89. The van der Waals surface area contributed by atoms with Crippen molar-refractivity contribution in [1.29, 1.82) is 0 Å². The lowest BCUT2D eigenvalue weighted by atomic mass is 10.1. The lowest BCUT2D eigenvalue weighted by molar-refractivity contribution is -0.131. The van der Waals surface area contributed by atoms with Gasteiger partial charge in [0, 0.05) is 23.6 Å². The predicted octanol–water partition coefficient (Wildman–Crippen LogP) is 1.31. The number of fused-ring (bicyclic) bond motifs is 1. The van der Waals surface area contributed by atoms with E-state index in [1.165, 1.54) is 23.8 Å². The zero-order valence-corrected chi connectivity index (χ0v) is 11.3. The molecule has 0 bridgehead atoms. The second kappa shape index (κ2) is 6.04. The van der Waals surface area contributed by atoms with Gasteiger partial charge >= 0.3 is 5.97 Å². The molecular weight excluding hydrogens is 274 g/mol. The number of methoxy groups -OCH3 is 1. The van der Waals surface area contributed by atoms with Gasteiger partial charge in [0.2, 0.25) is 0 Å². The second-order valence-electron chi connectivity index (χ2n) is 4.27. The molecule has 6 heteroatoms. The minimum atomic E-state index is -1.10. The first-order valence-electron chi connectivity index (χ1n) is 6.13. The van der Waals surface area contributed by atoms with Crippen LogP contribution in [0.3, 0.4) is 0 Å². The summed E-state index contributed by atoms with van der Waals surface area (Å²) in [6.45, 7) is -0.0780. The predicted molar refractivity (Wildman–Crippen MR) is 77.5 cm³/mol. The first-order chi connectivity index (χ1) is 10.1. The summed E-state index contributed by atoms with van der Waals surface area (Å²) >= 11 is 0. The van der Waals surface area contributed by atoms with Crippen molar-refractivity contribution in [2.24, 2.45) is 0 Å². The van der Waals surface area contributed by atoms with Crippen LogP contribution in [0, 0.1) is 0 Å². The van der Waals surface area contributed by atoms with Crippen LogP contribution in [0.5, 0.6) is 5.75 Å². The summed E-state index contributed by atoms with van der Waals surface area (Å²) in [6.07, 6.45) is 2.94. The topological polar surface area (TPSA) is 85.6 Å². The molecule has 21 heavy (non-hydrogen) atoms. The third-order valence-corrected chi connectivity index (χ3v) is 3.01. The molecule has 0 atom stereocenters.